The average Bonchev–Trinajstić information content (AvgIpc) is 3.07. The molecule has 6 nitrogen and oxygen atoms in total. The van der Waals surface area contributed by atoms with Gasteiger partial charge < -0.3 is 14.2 Å². The summed E-state index contributed by atoms with van der Waals surface area (Å²) in [5, 5.41) is 3.95. The maximum Gasteiger partial charge on any atom is 0.387 e. The quantitative estimate of drug-likeness (QED) is 0.666. The van der Waals surface area contributed by atoms with E-state index >= 15 is 0 Å². The van der Waals surface area contributed by atoms with Crippen LogP contribution in [-0.2, 0) is 0 Å². The molecule has 3 rings (SSSR count). The van der Waals surface area contributed by atoms with Crippen molar-refractivity contribution in [1.82, 2.24) is 5.43 Å². The molecule has 0 spiro atoms. The number of nitrogens with one attached hydrogen (secondary N) is 1. The Morgan fingerprint density at radius 3 is 2.76 bits per heavy atom. The van der Waals surface area contributed by atoms with Gasteiger partial charge in [-0.05, 0) is 37.3 Å². The lowest BCUT2D eigenvalue weighted by atomic mass is 10.1. The van der Waals surface area contributed by atoms with Gasteiger partial charge in [-0.15, -0.1) is 0 Å². The molecule has 0 aromatic heterocycles. The van der Waals surface area contributed by atoms with Gasteiger partial charge in [0.15, 0.2) is 11.5 Å². The molecule has 2 aromatic carbocycles. The van der Waals surface area contributed by atoms with Crippen LogP contribution in [0.4, 0.5) is 8.78 Å². The second kappa shape index (κ2) is 7.16. The monoisotopic (exact) mass is 348 g/mol. The number of fused-ring (bicyclic) bond motifs is 1. The number of para-hydroxylation sites is 1. The number of hydrogen-bond acceptors (Lipinski definition) is 5. The fourth-order valence-corrected chi connectivity index (χ4v) is 2.26. The first-order valence-electron chi connectivity index (χ1n) is 7.33. The number of ether oxygens (including phenoxy) is 3. The van der Waals surface area contributed by atoms with Gasteiger partial charge in [0.2, 0.25) is 6.79 Å². The van der Waals surface area contributed by atoms with Crippen LogP contribution in [0, 0.1) is 0 Å². The zero-order valence-corrected chi connectivity index (χ0v) is 13.2. The molecular formula is C17H14F2N2O4. The molecule has 0 atom stereocenters. The van der Waals surface area contributed by atoms with Crippen molar-refractivity contribution >= 4 is 11.6 Å². The number of carbonyl (C=O) groups excluding carboxylic acids is 1. The van der Waals surface area contributed by atoms with Gasteiger partial charge in [-0.25, -0.2) is 5.43 Å². The van der Waals surface area contributed by atoms with E-state index in [1.54, 1.807) is 37.3 Å². The van der Waals surface area contributed by atoms with E-state index in [1.807, 2.05) is 0 Å². The first-order valence-corrected chi connectivity index (χ1v) is 7.33. The summed E-state index contributed by atoms with van der Waals surface area (Å²) in [5.41, 5.74) is 3.39. The van der Waals surface area contributed by atoms with Crippen LogP contribution in [0.2, 0.25) is 0 Å². The standard InChI is InChI=1S/C17H14F2N2O4/c1-10(12-4-2-3-5-13(12)25-17(18)19)20-21-16(22)11-6-7-14-15(8-11)24-9-23-14/h2-8,17H,9H2,1H3,(H,21,22)/b20-10+. The van der Waals surface area contributed by atoms with Crippen LogP contribution in [-0.4, -0.2) is 25.0 Å². The van der Waals surface area contributed by atoms with E-state index in [4.69, 9.17) is 9.47 Å². The minimum Gasteiger partial charge on any atom is -0.454 e. The average molecular weight is 348 g/mol. The molecular weight excluding hydrogens is 334 g/mol. The summed E-state index contributed by atoms with van der Waals surface area (Å²) in [4.78, 5) is 12.2. The van der Waals surface area contributed by atoms with E-state index in [0.29, 0.717) is 28.3 Å². The molecule has 0 saturated carbocycles. The highest BCUT2D eigenvalue weighted by molar-refractivity contribution is 6.02. The topological polar surface area (TPSA) is 69.2 Å². The minimum absolute atomic E-state index is 0.0175. The molecule has 0 fully saturated rings. The van der Waals surface area contributed by atoms with Gasteiger partial charge in [0, 0.05) is 11.1 Å². The Balaban J connectivity index is 1.74. The fourth-order valence-electron chi connectivity index (χ4n) is 2.26. The van der Waals surface area contributed by atoms with Gasteiger partial charge >= 0.3 is 6.61 Å². The van der Waals surface area contributed by atoms with Crippen LogP contribution in [0.1, 0.15) is 22.8 Å². The Labute approximate surface area is 142 Å². The molecule has 0 unspecified atom stereocenters. The Hall–Kier alpha value is -3.16. The largest absolute Gasteiger partial charge is 0.454 e. The molecule has 1 amide bonds. The van der Waals surface area contributed by atoms with Crippen molar-refractivity contribution in [2.75, 3.05) is 6.79 Å². The molecule has 1 N–H and O–H groups in total. The summed E-state index contributed by atoms with van der Waals surface area (Å²) < 4.78 is 39.7. The zero-order chi connectivity index (χ0) is 17.8. The summed E-state index contributed by atoms with van der Waals surface area (Å²) in [6.45, 7) is -1.26. The highest BCUT2D eigenvalue weighted by atomic mass is 19.3. The lowest BCUT2D eigenvalue weighted by molar-refractivity contribution is -0.0499. The number of nitrogens with zero attached hydrogens (tertiary/aromatic N) is 1. The molecule has 0 radical (unpaired) electrons. The van der Waals surface area contributed by atoms with Gasteiger partial charge in [-0.1, -0.05) is 12.1 Å². The van der Waals surface area contributed by atoms with Gasteiger partial charge in [-0.3, -0.25) is 4.79 Å². The van der Waals surface area contributed by atoms with Crippen molar-refractivity contribution < 1.29 is 27.8 Å². The van der Waals surface area contributed by atoms with Gasteiger partial charge in [0.05, 0.1) is 5.71 Å². The van der Waals surface area contributed by atoms with Gasteiger partial charge in [0.25, 0.3) is 5.91 Å². The van der Waals surface area contributed by atoms with E-state index in [0.717, 1.165) is 0 Å². The van der Waals surface area contributed by atoms with E-state index in [9.17, 15) is 13.6 Å². The minimum atomic E-state index is -2.95. The molecule has 0 aliphatic carbocycles. The Morgan fingerprint density at radius 1 is 1.20 bits per heavy atom. The number of amides is 1. The predicted molar refractivity (Wildman–Crippen MR) is 85.3 cm³/mol. The number of halogens is 2. The maximum absolute atomic E-state index is 12.5. The van der Waals surface area contributed by atoms with Crippen molar-refractivity contribution in [1.29, 1.82) is 0 Å². The fraction of sp³-hybridized carbons (Fsp3) is 0.176. The molecule has 8 heteroatoms. The summed E-state index contributed by atoms with van der Waals surface area (Å²) >= 11 is 0. The lowest BCUT2D eigenvalue weighted by Gasteiger charge is -2.10. The van der Waals surface area contributed by atoms with Crippen LogP contribution in [0.5, 0.6) is 17.2 Å². The van der Waals surface area contributed by atoms with Crippen molar-refractivity contribution in [3.63, 3.8) is 0 Å². The molecule has 1 aliphatic heterocycles. The van der Waals surface area contributed by atoms with Crippen LogP contribution in [0.25, 0.3) is 0 Å². The summed E-state index contributed by atoms with van der Waals surface area (Å²) in [5.74, 6) is 0.555. The summed E-state index contributed by atoms with van der Waals surface area (Å²) in [6.07, 6.45) is 0. The number of alkyl halides is 2. The number of hydrogen-bond donors (Lipinski definition) is 1. The third-order valence-corrected chi connectivity index (χ3v) is 3.45. The number of rotatable bonds is 5. The first-order chi connectivity index (χ1) is 12.0. The SMILES string of the molecule is C/C(=N\NC(=O)c1ccc2c(c1)OCO2)c1ccccc1OC(F)F. The third kappa shape index (κ3) is 3.85. The molecule has 2 aromatic rings. The molecule has 0 saturated heterocycles. The second-order valence-corrected chi connectivity index (χ2v) is 5.08. The summed E-state index contributed by atoms with van der Waals surface area (Å²) in [7, 11) is 0. The third-order valence-electron chi connectivity index (χ3n) is 3.45. The van der Waals surface area contributed by atoms with Gasteiger partial charge in [-0.2, -0.15) is 13.9 Å². The van der Waals surface area contributed by atoms with Crippen molar-refractivity contribution in [3.05, 3.63) is 53.6 Å². The molecule has 1 heterocycles. The molecule has 25 heavy (non-hydrogen) atoms. The summed E-state index contributed by atoms with van der Waals surface area (Å²) in [6, 6.07) is 10.9. The highest BCUT2D eigenvalue weighted by Gasteiger charge is 2.16. The smallest absolute Gasteiger partial charge is 0.387 e. The van der Waals surface area contributed by atoms with Crippen molar-refractivity contribution in [2.24, 2.45) is 5.10 Å². The van der Waals surface area contributed by atoms with Crippen LogP contribution >= 0.6 is 0 Å². The van der Waals surface area contributed by atoms with Crippen LogP contribution in [0.3, 0.4) is 0 Å². The molecule has 0 bridgehead atoms. The Kier molecular flexibility index (Phi) is 4.78. The van der Waals surface area contributed by atoms with E-state index in [1.165, 1.54) is 12.1 Å². The predicted octanol–water partition coefficient (Wildman–Crippen LogP) is 3.17. The number of benzene rings is 2. The molecule has 130 valence electrons. The Bertz CT molecular complexity index is 824. The first kappa shape index (κ1) is 16.7. The number of hydrazone groups is 1. The van der Waals surface area contributed by atoms with E-state index in [2.05, 4.69) is 15.3 Å². The Morgan fingerprint density at radius 2 is 1.96 bits per heavy atom. The number of carbonyl (C=O) groups is 1. The van der Waals surface area contributed by atoms with Crippen molar-refractivity contribution in [2.45, 2.75) is 13.5 Å². The van der Waals surface area contributed by atoms with Crippen LogP contribution in [0.15, 0.2) is 47.6 Å². The van der Waals surface area contributed by atoms with Crippen molar-refractivity contribution in [3.8, 4) is 17.2 Å². The molecule has 1 aliphatic rings. The van der Waals surface area contributed by atoms with E-state index in [-0.39, 0.29) is 12.5 Å². The van der Waals surface area contributed by atoms with E-state index < -0.39 is 12.5 Å². The van der Waals surface area contributed by atoms with Gasteiger partial charge in [0.1, 0.15) is 5.75 Å². The second-order valence-electron chi connectivity index (χ2n) is 5.08. The lowest BCUT2D eigenvalue weighted by Crippen LogP contribution is -2.19. The maximum atomic E-state index is 12.5. The van der Waals surface area contributed by atoms with Crippen LogP contribution < -0.4 is 19.6 Å². The normalized spacial score (nSPS) is 13.0. The highest BCUT2D eigenvalue weighted by Crippen LogP contribution is 2.32. The zero-order valence-electron chi connectivity index (χ0n) is 13.2.